The summed E-state index contributed by atoms with van der Waals surface area (Å²) in [6.07, 6.45) is 3.46. The Morgan fingerprint density at radius 3 is 2.84 bits per heavy atom. The third-order valence-corrected chi connectivity index (χ3v) is 2.76. The van der Waals surface area contributed by atoms with Crippen LogP contribution in [0.5, 0.6) is 0 Å². The van der Waals surface area contributed by atoms with Crippen molar-refractivity contribution in [1.29, 1.82) is 0 Å². The number of nitro groups is 1. The van der Waals surface area contributed by atoms with Gasteiger partial charge in [-0.2, -0.15) is 5.10 Å². The molecule has 100 valence electrons. The summed E-state index contributed by atoms with van der Waals surface area (Å²) in [5, 5.41) is 17.6. The van der Waals surface area contributed by atoms with Crippen LogP contribution in [0.4, 0.5) is 15.8 Å². The van der Waals surface area contributed by atoms with E-state index in [0.717, 1.165) is 17.7 Å². The first-order valence-electron chi connectivity index (χ1n) is 5.66. The first kappa shape index (κ1) is 13.0. The molecule has 1 N–H and O–H groups in total. The molecule has 6 nitrogen and oxygen atoms in total. The van der Waals surface area contributed by atoms with E-state index in [1.54, 1.807) is 24.1 Å². The molecule has 0 saturated carbocycles. The number of aromatic nitrogens is 2. The van der Waals surface area contributed by atoms with E-state index in [1.807, 2.05) is 6.92 Å². The molecular weight excluding hydrogens is 251 g/mol. The summed E-state index contributed by atoms with van der Waals surface area (Å²) in [5.74, 6) is -0.527. The number of nitrogens with zero attached hydrogens (tertiary/aromatic N) is 3. The Morgan fingerprint density at radius 2 is 2.26 bits per heavy atom. The number of benzene rings is 1. The normalized spacial score (nSPS) is 12.2. The van der Waals surface area contributed by atoms with Crippen molar-refractivity contribution in [1.82, 2.24) is 9.78 Å². The van der Waals surface area contributed by atoms with E-state index < -0.39 is 10.7 Å². The maximum Gasteiger partial charge on any atom is 0.271 e. The van der Waals surface area contributed by atoms with Crippen LogP contribution in [0.25, 0.3) is 0 Å². The molecule has 0 fully saturated rings. The van der Waals surface area contributed by atoms with Gasteiger partial charge in [0.2, 0.25) is 0 Å². The second kappa shape index (κ2) is 5.05. The zero-order chi connectivity index (χ0) is 14.0. The summed E-state index contributed by atoms with van der Waals surface area (Å²) in [6, 6.07) is 3.19. The monoisotopic (exact) mass is 264 g/mol. The van der Waals surface area contributed by atoms with E-state index >= 15 is 0 Å². The van der Waals surface area contributed by atoms with Crippen LogP contribution in [0, 0.1) is 15.9 Å². The van der Waals surface area contributed by atoms with Crippen molar-refractivity contribution in [3.05, 3.63) is 52.1 Å². The highest BCUT2D eigenvalue weighted by Crippen LogP contribution is 2.25. The van der Waals surface area contributed by atoms with E-state index in [1.165, 1.54) is 6.07 Å². The number of nitro benzene ring substituents is 1. The molecule has 1 aromatic heterocycles. The molecule has 1 atom stereocenters. The van der Waals surface area contributed by atoms with Crippen molar-refractivity contribution in [2.75, 3.05) is 5.32 Å². The Bertz CT molecular complexity index is 612. The van der Waals surface area contributed by atoms with Crippen molar-refractivity contribution in [2.24, 2.45) is 7.05 Å². The third-order valence-electron chi connectivity index (χ3n) is 2.76. The number of aryl methyl sites for hydroxylation is 1. The lowest BCUT2D eigenvalue weighted by atomic mass is 10.1. The van der Waals surface area contributed by atoms with Crippen LogP contribution in [0.2, 0.25) is 0 Å². The van der Waals surface area contributed by atoms with Gasteiger partial charge in [0.25, 0.3) is 5.69 Å². The van der Waals surface area contributed by atoms with Gasteiger partial charge in [0.15, 0.2) is 0 Å². The Balaban J connectivity index is 2.22. The summed E-state index contributed by atoms with van der Waals surface area (Å²) in [6.45, 7) is 1.83. The van der Waals surface area contributed by atoms with Crippen LogP contribution >= 0.6 is 0 Å². The maximum atomic E-state index is 13.6. The number of halogens is 1. The van der Waals surface area contributed by atoms with Gasteiger partial charge in [0.1, 0.15) is 5.82 Å². The zero-order valence-electron chi connectivity index (χ0n) is 10.5. The van der Waals surface area contributed by atoms with Gasteiger partial charge in [-0.1, -0.05) is 0 Å². The number of hydrogen-bond acceptors (Lipinski definition) is 4. The fourth-order valence-corrected chi connectivity index (χ4v) is 1.72. The van der Waals surface area contributed by atoms with E-state index in [-0.39, 0.29) is 17.4 Å². The lowest BCUT2D eigenvalue weighted by molar-refractivity contribution is -0.384. The number of nitrogens with one attached hydrogen (secondary N) is 1. The number of non-ortho nitro benzene ring substituents is 1. The summed E-state index contributed by atoms with van der Waals surface area (Å²) in [4.78, 5) is 10.1. The highest BCUT2D eigenvalue weighted by atomic mass is 19.1. The minimum Gasteiger partial charge on any atom is -0.376 e. The molecule has 0 radical (unpaired) electrons. The quantitative estimate of drug-likeness (QED) is 0.680. The van der Waals surface area contributed by atoms with E-state index in [9.17, 15) is 14.5 Å². The van der Waals surface area contributed by atoms with Gasteiger partial charge in [0, 0.05) is 30.9 Å². The van der Waals surface area contributed by atoms with Crippen molar-refractivity contribution in [3.63, 3.8) is 0 Å². The maximum absolute atomic E-state index is 13.6. The minimum absolute atomic E-state index is 0.102. The number of anilines is 1. The minimum atomic E-state index is -0.556. The van der Waals surface area contributed by atoms with Crippen molar-refractivity contribution < 1.29 is 9.31 Å². The molecule has 0 aliphatic carbocycles. The fourth-order valence-electron chi connectivity index (χ4n) is 1.72. The Hall–Kier alpha value is -2.44. The van der Waals surface area contributed by atoms with E-state index in [2.05, 4.69) is 10.4 Å². The summed E-state index contributed by atoms with van der Waals surface area (Å²) < 4.78 is 15.2. The number of hydrogen-bond donors (Lipinski definition) is 1. The van der Waals surface area contributed by atoms with Gasteiger partial charge < -0.3 is 5.32 Å². The fraction of sp³-hybridized carbons (Fsp3) is 0.250. The first-order chi connectivity index (χ1) is 8.97. The molecule has 0 bridgehead atoms. The van der Waals surface area contributed by atoms with Crippen LogP contribution in [0.1, 0.15) is 18.5 Å². The molecule has 1 heterocycles. The highest BCUT2D eigenvalue weighted by molar-refractivity contribution is 5.53. The van der Waals surface area contributed by atoms with Crippen molar-refractivity contribution in [2.45, 2.75) is 13.0 Å². The van der Waals surface area contributed by atoms with Crippen LogP contribution in [0.15, 0.2) is 30.6 Å². The molecule has 0 spiro atoms. The molecule has 1 unspecified atom stereocenters. The van der Waals surface area contributed by atoms with Gasteiger partial charge in [-0.05, 0) is 13.0 Å². The average molecular weight is 264 g/mol. The second-order valence-electron chi connectivity index (χ2n) is 4.23. The molecule has 0 aliphatic heterocycles. The molecular formula is C12H13FN4O2. The molecule has 2 aromatic rings. The van der Waals surface area contributed by atoms with Gasteiger partial charge in [-0.15, -0.1) is 0 Å². The Labute approximate surface area is 109 Å². The second-order valence-corrected chi connectivity index (χ2v) is 4.23. The predicted octanol–water partition coefficient (Wildman–Crippen LogP) is 2.64. The van der Waals surface area contributed by atoms with Crippen LogP contribution < -0.4 is 5.32 Å². The summed E-state index contributed by atoms with van der Waals surface area (Å²) >= 11 is 0. The topological polar surface area (TPSA) is 73.0 Å². The standard InChI is InChI=1S/C12H13FN4O2/c1-8(9-6-14-16(2)7-9)15-12-5-10(17(18)19)3-4-11(12)13/h3-8,15H,1-2H3. The Kier molecular flexibility index (Phi) is 3.46. The van der Waals surface area contributed by atoms with Gasteiger partial charge in [0.05, 0.1) is 22.8 Å². The first-order valence-corrected chi connectivity index (χ1v) is 5.66. The van der Waals surface area contributed by atoms with Gasteiger partial charge in [-0.25, -0.2) is 4.39 Å². The zero-order valence-corrected chi connectivity index (χ0v) is 10.5. The summed E-state index contributed by atoms with van der Waals surface area (Å²) in [7, 11) is 1.78. The van der Waals surface area contributed by atoms with E-state index in [0.29, 0.717) is 0 Å². The molecule has 0 aliphatic rings. The molecule has 0 amide bonds. The average Bonchev–Trinajstić information content (AvgIpc) is 2.78. The number of rotatable bonds is 4. The molecule has 19 heavy (non-hydrogen) atoms. The molecule has 2 rings (SSSR count). The van der Waals surface area contributed by atoms with Crippen molar-refractivity contribution in [3.8, 4) is 0 Å². The third kappa shape index (κ3) is 2.87. The molecule has 0 saturated heterocycles. The van der Waals surface area contributed by atoms with Crippen LogP contribution in [0.3, 0.4) is 0 Å². The SMILES string of the molecule is CC(Nc1cc([N+](=O)[O-])ccc1F)c1cnn(C)c1. The summed E-state index contributed by atoms with van der Waals surface area (Å²) in [5.41, 5.74) is 0.821. The van der Waals surface area contributed by atoms with Gasteiger partial charge >= 0.3 is 0 Å². The molecule has 7 heteroatoms. The van der Waals surface area contributed by atoms with E-state index in [4.69, 9.17) is 0 Å². The Morgan fingerprint density at radius 1 is 1.53 bits per heavy atom. The lowest BCUT2D eigenvalue weighted by Gasteiger charge is -2.14. The largest absolute Gasteiger partial charge is 0.376 e. The highest BCUT2D eigenvalue weighted by Gasteiger charge is 2.14. The molecule has 1 aromatic carbocycles. The smallest absolute Gasteiger partial charge is 0.271 e. The predicted molar refractivity (Wildman–Crippen MR) is 68.3 cm³/mol. The van der Waals surface area contributed by atoms with Crippen LogP contribution in [-0.4, -0.2) is 14.7 Å². The van der Waals surface area contributed by atoms with Crippen molar-refractivity contribution >= 4 is 11.4 Å². The lowest BCUT2D eigenvalue weighted by Crippen LogP contribution is -2.07. The van der Waals surface area contributed by atoms with Crippen LogP contribution in [-0.2, 0) is 7.05 Å². The van der Waals surface area contributed by atoms with Gasteiger partial charge in [-0.3, -0.25) is 14.8 Å².